The highest BCUT2D eigenvalue weighted by atomic mass is 32.2. The van der Waals surface area contributed by atoms with Crippen LogP contribution in [0.5, 0.6) is 0 Å². The monoisotopic (exact) mass is 324 g/mol. The van der Waals surface area contributed by atoms with Gasteiger partial charge in [0.2, 0.25) is 0 Å². The molecule has 2 amide bonds. The molecule has 0 aliphatic rings. The van der Waals surface area contributed by atoms with E-state index in [4.69, 9.17) is 4.74 Å². The van der Waals surface area contributed by atoms with Crippen molar-refractivity contribution < 1.29 is 14.3 Å². The van der Waals surface area contributed by atoms with Crippen LogP contribution in [0.2, 0.25) is 0 Å². The van der Waals surface area contributed by atoms with E-state index in [0.29, 0.717) is 11.4 Å². The van der Waals surface area contributed by atoms with E-state index in [-0.39, 0.29) is 11.9 Å². The average Bonchev–Trinajstić information content (AvgIpc) is 2.42. The van der Waals surface area contributed by atoms with Gasteiger partial charge >= 0.3 is 6.09 Å². The number of amides is 2. The Hall–Kier alpha value is -1.69. The Bertz CT molecular complexity index is 509. The van der Waals surface area contributed by atoms with E-state index in [9.17, 15) is 9.59 Å². The van der Waals surface area contributed by atoms with Crippen LogP contribution in [0.3, 0.4) is 0 Å². The molecule has 0 radical (unpaired) electrons. The molecule has 22 heavy (non-hydrogen) atoms. The maximum absolute atomic E-state index is 11.8. The first-order valence-corrected chi connectivity index (χ1v) is 8.49. The van der Waals surface area contributed by atoms with Crippen LogP contribution in [0.15, 0.2) is 24.3 Å². The van der Waals surface area contributed by atoms with Gasteiger partial charge in [0, 0.05) is 5.56 Å². The van der Waals surface area contributed by atoms with Crippen molar-refractivity contribution in [2.75, 3.05) is 12.1 Å². The van der Waals surface area contributed by atoms with Crippen LogP contribution >= 0.6 is 11.8 Å². The third-order valence-electron chi connectivity index (χ3n) is 2.78. The van der Waals surface area contributed by atoms with Crippen LogP contribution < -0.4 is 10.6 Å². The number of thioether (sulfide) groups is 1. The van der Waals surface area contributed by atoms with Gasteiger partial charge in [-0.2, -0.15) is 0 Å². The molecule has 0 aliphatic carbocycles. The number of nitrogens with one attached hydrogen (secondary N) is 2. The summed E-state index contributed by atoms with van der Waals surface area (Å²) in [7, 11) is 0. The molecule has 0 saturated heterocycles. The van der Waals surface area contributed by atoms with Crippen LogP contribution in [0, 0.1) is 0 Å². The Balaban J connectivity index is 2.62. The van der Waals surface area contributed by atoms with Crippen LogP contribution in [-0.4, -0.2) is 29.7 Å². The summed E-state index contributed by atoms with van der Waals surface area (Å²) in [6.45, 7) is 7.32. The molecule has 0 unspecified atom stereocenters. The SMILES string of the molecule is CSCNC(=O)c1ccc([C@H](C)NC(=O)OC(C)(C)C)cc1. The predicted molar refractivity (Wildman–Crippen MR) is 90.1 cm³/mol. The molecule has 0 spiro atoms. The van der Waals surface area contributed by atoms with E-state index >= 15 is 0 Å². The number of alkyl carbamates (subject to hydrolysis) is 1. The van der Waals surface area contributed by atoms with Gasteiger partial charge in [-0.1, -0.05) is 12.1 Å². The molecular weight excluding hydrogens is 300 g/mol. The number of rotatable bonds is 5. The van der Waals surface area contributed by atoms with Crippen molar-refractivity contribution in [2.45, 2.75) is 39.3 Å². The molecule has 122 valence electrons. The zero-order valence-corrected chi connectivity index (χ0v) is 14.5. The highest BCUT2D eigenvalue weighted by molar-refractivity contribution is 7.98. The molecular formula is C16H24N2O3S. The van der Waals surface area contributed by atoms with Gasteiger partial charge in [-0.25, -0.2) is 4.79 Å². The van der Waals surface area contributed by atoms with E-state index in [2.05, 4.69) is 10.6 Å². The molecule has 2 N–H and O–H groups in total. The Kier molecular flexibility index (Phi) is 6.74. The van der Waals surface area contributed by atoms with Crippen LogP contribution in [-0.2, 0) is 4.74 Å². The predicted octanol–water partition coefficient (Wildman–Crippen LogP) is 3.32. The molecule has 1 aromatic rings. The van der Waals surface area contributed by atoms with Gasteiger partial charge in [0.15, 0.2) is 0 Å². The van der Waals surface area contributed by atoms with E-state index in [1.807, 2.05) is 46.1 Å². The standard InChI is InChI=1S/C16H24N2O3S/c1-11(18-15(20)21-16(2,3)4)12-6-8-13(9-7-12)14(19)17-10-22-5/h6-9,11H,10H2,1-5H3,(H,17,19)(H,18,20)/t11-/m0/s1. The fraction of sp³-hybridized carbons (Fsp3) is 0.500. The highest BCUT2D eigenvalue weighted by Crippen LogP contribution is 2.15. The number of carbonyl (C=O) groups is 2. The van der Waals surface area contributed by atoms with Gasteiger partial charge in [0.05, 0.1) is 11.9 Å². The van der Waals surface area contributed by atoms with Crippen molar-refractivity contribution in [1.29, 1.82) is 0 Å². The van der Waals surface area contributed by atoms with Crippen LogP contribution in [0.1, 0.15) is 49.7 Å². The van der Waals surface area contributed by atoms with E-state index in [1.54, 1.807) is 23.9 Å². The number of benzene rings is 1. The maximum atomic E-state index is 11.8. The summed E-state index contributed by atoms with van der Waals surface area (Å²) in [5.74, 6) is 0.477. The molecule has 1 atom stereocenters. The summed E-state index contributed by atoms with van der Waals surface area (Å²) in [5.41, 5.74) is 0.984. The molecule has 0 heterocycles. The fourth-order valence-electron chi connectivity index (χ4n) is 1.73. The fourth-order valence-corrected chi connectivity index (χ4v) is 2.01. The molecule has 0 fully saturated rings. The van der Waals surface area contributed by atoms with Crippen molar-refractivity contribution in [2.24, 2.45) is 0 Å². The second-order valence-corrected chi connectivity index (χ2v) is 6.79. The molecule has 6 heteroatoms. The number of carbonyl (C=O) groups excluding carboxylic acids is 2. The second kappa shape index (κ2) is 8.08. The number of hydrogen-bond acceptors (Lipinski definition) is 4. The van der Waals surface area contributed by atoms with Crippen LogP contribution in [0.4, 0.5) is 4.79 Å². The third-order valence-corrected chi connectivity index (χ3v) is 3.22. The third kappa shape index (κ3) is 6.39. The lowest BCUT2D eigenvalue weighted by molar-refractivity contribution is 0.0507. The zero-order valence-electron chi connectivity index (χ0n) is 13.7. The number of hydrogen-bond donors (Lipinski definition) is 2. The van der Waals surface area contributed by atoms with Gasteiger partial charge < -0.3 is 15.4 Å². The van der Waals surface area contributed by atoms with E-state index < -0.39 is 11.7 Å². The number of ether oxygens (including phenoxy) is 1. The van der Waals surface area contributed by atoms with Gasteiger partial charge in [-0.3, -0.25) is 4.79 Å². The first kappa shape index (κ1) is 18.4. The summed E-state index contributed by atoms with van der Waals surface area (Å²) in [6, 6.07) is 6.96. The normalized spacial score (nSPS) is 12.4. The van der Waals surface area contributed by atoms with E-state index in [0.717, 1.165) is 5.56 Å². The first-order valence-electron chi connectivity index (χ1n) is 7.09. The van der Waals surface area contributed by atoms with Crippen molar-refractivity contribution in [1.82, 2.24) is 10.6 Å². The summed E-state index contributed by atoms with van der Waals surface area (Å²) in [5, 5.41) is 5.56. The quantitative estimate of drug-likeness (QED) is 0.815. The minimum atomic E-state index is -0.525. The average molecular weight is 324 g/mol. The lowest BCUT2D eigenvalue weighted by Crippen LogP contribution is -2.34. The summed E-state index contributed by atoms with van der Waals surface area (Å²) in [6.07, 6.45) is 1.47. The Morgan fingerprint density at radius 2 is 1.82 bits per heavy atom. The van der Waals surface area contributed by atoms with Gasteiger partial charge in [0.25, 0.3) is 5.91 Å². The Morgan fingerprint density at radius 1 is 1.23 bits per heavy atom. The molecule has 1 rings (SSSR count). The first-order chi connectivity index (χ1) is 10.2. The van der Waals surface area contributed by atoms with Crippen molar-refractivity contribution in [3.63, 3.8) is 0 Å². The topological polar surface area (TPSA) is 67.4 Å². The minimum Gasteiger partial charge on any atom is -0.444 e. The van der Waals surface area contributed by atoms with Crippen molar-refractivity contribution >= 4 is 23.8 Å². The minimum absolute atomic E-state index is 0.103. The molecule has 0 bridgehead atoms. The van der Waals surface area contributed by atoms with E-state index in [1.165, 1.54) is 0 Å². The van der Waals surface area contributed by atoms with Crippen LogP contribution in [0.25, 0.3) is 0 Å². The van der Waals surface area contributed by atoms with Crippen molar-refractivity contribution in [3.8, 4) is 0 Å². The summed E-state index contributed by atoms with van der Waals surface area (Å²) in [4.78, 5) is 23.5. The Labute approximate surface area is 136 Å². The molecule has 1 aromatic carbocycles. The van der Waals surface area contributed by atoms with Gasteiger partial charge in [-0.15, -0.1) is 11.8 Å². The Morgan fingerprint density at radius 3 is 2.32 bits per heavy atom. The smallest absolute Gasteiger partial charge is 0.408 e. The lowest BCUT2D eigenvalue weighted by Gasteiger charge is -2.22. The summed E-state index contributed by atoms with van der Waals surface area (Å²) >= 11 is 1.55. The van der Waals surface area contributed by atoms with Gasteiger partial charge in [0.1, 0.15) is 5.60 Å². The van der Waals surface area contributed by atoms with Gasteiger partial charge in [-0.05, 0) is 51.6 Å². The molecule has 0 aliphatic heterocycles. The van der Waals surface area contributed by atoms with Crippen molar-refractivity contribution in [3.05, 3.63) is 35.4 Å². The molecule has 0 saturated carbocycles. The summed E-state index contributed by atoms with van der Waals surface area (Å²) < 4.78 is 5.22. The maximum Gasteiger partial charge on any atom is 0.408 e. The second-order valence-electron chi connectivity index (χ2n) is 5.93. The largest absolute Gasteiger partial charge is 0.444 e. The lowest BCUT2D eigenvalue weighted by atomic mass is 10.1. The highest BCUT2D eigenvalue weighted by Gasteiger charge is 2.18. The molecule has 5 nitrogen and oxygen atoms in total. The molecule has 0 aromatic heterocycles. The zero-order chi connectivity index (χ0) is 16.8.